The van der Waals surface area contributed by atoms with Gasteiger partial charge in [0.05, 0.1) is 6.10 Å². The van der Waals surface area contributed by atoms with Crippen molar-refractivity contribution in [3.8, 4) is 0 Å². The molecule has 68 valence electrons. The molecule has 2 unspecified atom stereocenters. The van der Waals surface area contributed by atoms with Gasteiger partial charge in [0.25, 0.3) is 0 Å². The SMILES string of the molecule is CC(C)=CC1CC(C)=CC(O)O1. The van der Waals surface area contributed by atoms with Crippen LogP contribution in [0.3, 0.4) is 0 Å². The molecule has 0 aromatic carbocycles. The van der Waals surface area contributed by atoms with Gasteiger partial charge in [0.2, 0.25) is 0 Å². The highest BCUT2D eigenvalue weighted by Gasteiger charge is 2.16. The molecular formula is C10H16O2. The van der Waals surface area contributed by atoms with Crippen molar-refractivity contribution < 1.29 is 9.84 Å². The van der Waals surface area contributed by atoms with Crippen LogP contribution in [0, 0.1) is 0 Å². The van der Waals surface area contributed by atoms with Crippen LogP contribution in [0.25, 0.3) is 0 Å². The van der Waals surface area contributed by atoms with Gasteiger partial charge in [-0.1, -0.05) is 17.2 Å². The molecule has 0 aliphatic carbocycles. The first-order valence-corrected chi connectivity index (χ1v) is 4.24. The van der Waals surface area contributed by atoms with Gasteiger partial charge in [-0.3, -0.25) is 0 Å². The van der Waals surface area contributed by atoms with Crippen molar-refractivity contribution in [3.63, 3.8) is 0 Å². The average molecular weight is 168 g/mol. The largest absolute Gasteiger partial charge is 0.365 e. The lowest BCUT2D eigenvalue weighted by Crippen LogP contribution is -2.24. The van der Waals surface area contributed by atoms with Gasteiger partial charge < -0.3 is 9.84 Å². The number of rotatable bonds is 1. The predicted molar refractivity (Wildman–Crippen MR) is 48.7 cm³/mol. The second-order valence-corrected chi connectivity index (χ2v) is 3.53. The monoisotopic (exact) mass is 168 g/mol. The molecule has 2 atom stereocenters. The quantitative estimate of drug-likeness (QED) is 0.607. The van der Waals surface area contributed by atoms with Gasteiger partial charge in [-0.2, -0.15) is 0 Å². The highest BCUT2D eigenvalue weighted by molar-refractivity contribution is 5.11. The maximum absolute atomic E-state index is 9.24. The third kappa shape index (κ3) is 2.80. The fourth-order valence-electron chi connectivity index (χ4n) is 1.37. The molecular weight excluding hydrogens is 152 g/mol. The number of allylic oxidation sites excluding steroid dienone is 1. The molecule has 0 saturated heterocycles. The molecule has 2 nitrogen and oxygen atoms in total. The minimum absolute atomic E-state index is 0.0509. The standard InChI is InChI=1S/C10H16O2/c1-7(2)4-9-5-8(3)6-10(11)12-9/h4,6,9-11H,5H2,1-3H3. The fourth-order valence-corrected chi connectivity index (χ4v) is 1.37. The highest BCUT2D eigenvalue weighted by atomic mass is 16.6. The molecule has 1 N–H and O–H groups in total. The molecule has 1 rings (SSSR count). The Morgan fingerprint density at radius 2 is 2.33 bits per heavy atom. The molecule has 0 fully saturated rings. The van der Waals surface area contributed by atoms with Crippen LogP contribution in [0.2, 0.25) is 0 Å². The lowest BCUT2D eigenvalue weighted by molar-refractivity contribution is -0.0969. The Bertz CT molecular complexity index is 212. The van der Waals surface area contributed by atoms with Crippen molar-refractivity contribution in [2.24, 2.45) is 0 Å². The fraction of sp³-hybridized carbons (Fsp3) is 0.600. The number of aliphatic hydroxyl groups is 1. The Hall–Kier alpha value is -0.600. The van der Waals surface area contributed by atoms with E-state index < -0.39 is 6.29 Å². The van der Waals surface area contributed by atoms with Crippen molar-refractivity contribution in [3.05, 3.63) is 23.3 Å². The summed E-state index contributed by atoms with van der Waals surface area (Å²) < 4.78 is 5.27. The molecule has 0 bridgehead atoms. The zero-order chi connectivity index (χ0) is 9.14. The minimum Gasteiger partial charge on any atom is -0.365 e. The molecule has 2 heteroatoms. The van der Waals surface area contributed by atoms with Crippen LogP contribution in [-0.4, -0.2) is 17.5 Å². The lowest BCUT2D eigenvalue weighted by atomic mass is 10.1. The second-order valence-electron chi connectivity index (χ2n) is 3.53. The minimum atomic E-state index is -0.723. The van der Waals surface area contributed by atoms with Crippen LogP contribution in [0.4, 0.5) is 0 Å². The predicted octanol–water partition coefficient (Wildman–Crippen LogP) is 2.01. The summed E-state index contributed by atoms with van der Waals surface area (Å²) in [4.78, 5) is 0. The smallest absolute Gasteiger partial charge is 0.175 e. The first-order chi connectivity index (χ1) is 5.58. The molecule has 0 aromatic rings. The lowest BCUT2D eigenvalue weighted by Gasteiger charge is -2.23. The Morgan fingerprint density at radius 1 is 1.67 bits per heavy atom. The van der Waals surface area contributed by atoms with Gasteiger partial charge in [0.15, 0.2) is 6.29 Å². The van der Waals surface area contributed by atoms with Crippen molar-refractivity contribution in [2.45, 2.75) is 39.6 Å². The Balaban J connectivity index is 2.61. The number of ether oxygens (including phenoxy) is 1. The van der Waals surface area contributed by atoms with Gasteiger partial charge in [-0.25, -0.2) is 0 Å². The molecule has 0 aromatic heterocycles. The van der Waals surface area contributed by atoms with Gasteiger partial charge >= 0.3 is 0 Å². The molecule has 0 spiro atoms. The first-order valence-electron chi connectivity index (χ1n) is 4.24. The Kier molecular flexibility index (Phi) is 3.06. The summed E-state index contributed by atoms with van der Waals surface area (Å²) in [6, 6.07) is 0. The summed E-state index contributed by atoms with van der Waals surface area (Å²) in [6.45, 7) is 6.07. The van der Waals surface area contributed by atoms with Crippen LogP contribution in [0.15, 0.2) is 23.3 Å². The van der Waals surface area contributed by atoms with Crippen LogP contribution >= 0.6 is 0 Å². The van der Waals surface area contributed by atoms with E-state index in [0.717, 1.165) is 6.42 Å². The summed E-state index contributed by atoms with van der Waals surface area (Å²) in [6.07, 6.45) is 4.01. The van der Waals surface area contributed by atoms with Crippen molar-refractivity contribution in [1.82, 2.24) is 0 Å². The molecule has 0 amide bonds. The molecule has 1 aliphatic heterocycles. The van der Waals surface area contributed by atoms with E-state index in [4.69, 9.17) is 4.74 Å². The van der Waals surface area contributed by atoms with Gasteiger partial charge in [0.1, 0.15) is 0 Å². The van der Waals surface area contributed by atoms with Crippen molar-refractivity contribution >= 4 is 0 Å². The van der Waals surface area contributed by atoms with E-state index in [9.17, 15) is 5.11 Å². The zero-order valence-corrected chi connectivity index (χ0v) is 7.87. The van der Waals surface area contributed by atoms with E-state index in [-0.39, 0.29) is 6.10 Å². The van der Waals surface area contributed by atoms with Crippen molar-refractivity contribution in [2.75, 3.05) is 0 Å². The molecule has 1 aliphatic rings. The van der Waals surface area contributed by atoms with Crippen molar-refractivity contribution in [1.29, 1.82) is 0 Å². The van der Waals surface area contributed by atoms with E-state index in [2.05, 4.69) is 0 Å². The van der Waals surface area contributed by atoms with Gasteiger partial charge in [-0.05, 0) is 33.3 Å². The van der Waals surface area contributed by atoms with Crippen LogP contribution in [-0.2, 0) is 4.74 Å². The topological polar surface area (TPSA) is 29.5 Å². The summed E-state index contributed by atoms with van der Waals surface area (Å²) in [7, 11) is 0. The zero-order valence-electron chi connectivity index (χ0n) is 7.87. The summed E-state index contributed by atoms with van der Waals surface area (Å²) >= 11 is 0. The molecule has 0 radical (unpaired) electrons. The first kappa shape index (κ1) is 9.49. The highest BCUT2D eigenvalue weighted by Crippen LogP contribution is 2.19. The van der Waals surface area contributed by atoms with Gasteiger partial charge in [0, 0.05) is 0 Å². The maximum Gasteiger partial charge on any atom is 0.175 e. The number of hydrogen-bond donors (Lipinski definition) is 1. The normalized spacial score (nSPS) is 29.5. The Morgan fingerprint density at radius 3 is 2.83 bits per heavy atom. The van der Waals surface area contributed by atoms with E-state index in [1.165, 1.54) is 11.1 Å². The van der Waals surface area contributed by atoms with E-state index in [0.29, 0.717) is 0 Å². The third-order valence-electron chi connectivity index (χ3n) is 1.78. The maximum atomic E-state index is 9.24. The summed E-state index contributed by atoms with van der Waals surface area (Å²) in [5.41, 5.74) is 2.41. The summed E-state index contributed by atoms with van der Waals surface area (Å²) in [5, 5.41) is 9.24. The molecule has 12 heavy (non-hydrogen) atoms. The molecule has 1 heterocycles. The average Bonchev–Trinajstić information content (AvgIpc) is 1.81. The van der Waals surface area contributed by atoms with Crippen LogP contribution < -0.4 is 0 Å². The number of hydrogen-bond acceptors (Lipinski definition) is 2. The Labute approximate surface area is 73.5 Å². The third-order valence-corrected chi connectivity index (χ3v) is 1.78. The van der Waals surface area contributed by atoms with E-state index in [1.54, 1.807) is 6.08 Å². The van der Waals surface area contributed by atoms with Gasteiger partial charge in [-0.15, -0.1) is 0 Å². The van der Waals surface area contributed by atoms with E-state index >= 15 is 0 Å². The molecule has 0 saturated carbocycles. The van der Waals surface area contributed by atoms with E-state index in [1.807, 2.05) is 26.8 Å². The number of aliphatic hydroxyl groups excluding tert-OH is 1. The van der Waals surface area contributed by atoms with Crippen LogP contribution in [0.5, 0.6) is 0 Å². The second kappa shape index (κ2) is 3.87. The van der Waals surface area contributed by atoms with Crippen LogP contribution in [0.1, 0.15) is 27.2 Å². The summed E-state index contributed by atoms with van der Waals surface area (Å²) in [5.74, 6) is 0.